The van der Waals surface area contributed by atoms with Crippen molar-refractivity contribution in [1.29, 1.82) is 5.26 Å². The molecule has 0 bridgehead atoms. The Kier molecular flexibility index (Phi) is 10.9. The number of nitriles is 1. The van der Waals surface area contributed by atoms with Crippen LogP contribution >= 0.6 is 0 Å². The van der Waals surface area contributed by atoms with Crippen molar-refractivity contribution in [1.82, 2.24) is 0 Å². The summed E-state index contributed by atoms with van der Waals surface area (Å²) in [6.45, 7) is 13.2. The second-order valence-electron chi connectivity index (χ2n) is 11.0. The summed E-state index contributed by atoms with van der Waals surface area (Å²) in [5.41, 5.74) is 5.17. The molecule has 0 spiro atoms. The second-order valence-corrected chi connectivity index (χ2v) is 11.0. The minimum Gasteiger partial charge on any atom is -0.489 e. The molecule has 0 aliphatic heterocycles. The van der Waals surface area contributed by atoms with E-state index >= 15 is 0 Å². The lowest BCUT2D eigenvalue weighted by atomic mass is 9.87. The van der Waals surface area contributed by atoms with Crippen LogP contribution in [0.1, 0.15) is 80.7 Å². The van der Waals surface area contributed by atoms with Crippen molar-refractivity contribution in [3.63, 3.8) is 0 Å². The topological polar surface area (TPSA) is 59.3 Å². The number of esters is 1. The van der Waals surface area contributed by atoms with E-state index < -0.39 is 5.92 Å². The van der Waals surface area contributed by atoms with Crippen molar-refractivity contribution in [2.75, 3.05) is 6.61 Å². The average Bonchev–Trinajstić information content (AvgIpc) is 2.94. The molecule has 4 nitrogen and oxygen atoms in total. The Morgan fingerprint density at radius 2 is 1.64 bits per heavy atom. The number of nitrogens with zero attached hydrogens (tertiary/aromatic N) is 1. The SMILES string of the molecule is C=CC(CCC[C@H](C(=O)OCC)c1ccccc1OCc1ccc(C(C)(C)C)cc1)Cc1ccc(C#N)cc1. The zero-order valence-corrected chi connectivity index (χ0v) is 23.8. The summed E-state index contributed by atoms with van der Waals surface area (Å²) in [5.74, 6) is 0.381. The Morgan fingerprint density at radius 3 is 2.26 bits per heavy atom. The van der Waals surface area contributed by atoms with Crippen molar-refractivity contribution in [3.8, 4) is 11.8 Å². The number of carbonyl (C=O) groups is 1. The lowest BCUT2D eigenvalue weighted by Crippen LogP contribution is -2.17. The van der Waals surface area contributed by atoms with Gasteiger partial charge in [0.15, 0.2) is 0 Å². The van der Waals surface area contributed by atoms with Gasteiger partial charge in [-0.25, -0.2) is 0 Å². The van der Waals surface area contributed by atoms with Gasteiger partial charge in [0, 0.05) is 5.56 Å². The Bertz CT molecular complexity index is 1250. The van der Waals surface area contributed by atoms with Crippen LogP contribution in [0.3, 0.4) is 0 Å². The molecule has 0 saturated heterocycles. The van der Waals surface area contributed by atoms with E-state index in [2.05, 4.69) is 57.7 Å². The number of allylic oxidation sites excluding steroid dienone is 1. The van der Waals surface area contributed by atoms with Gasteiger partial charge in [-0.1, -0.05) is 87.9 Å². The van der Waals surface area contributed by atoms with Crippen molar-refractivity contribution in [3.05, 3.63) is 113 Å². The van der Waals surface area contributed by atoms with Crippen LogP contribution < -0.4 is 4.74 Å². The summed E-state index contributed by atoms with van der Waals surface area (Å²) in [6, 6.07) is 26.2. The molecule has 0 heterocycles. The van der Waals surface area contributed by atoms with Crippen molar-refractivity contribution in [2.45, 2.75) is 71.3 Å². The summed E-state index contributed by atoms with van der Waals surface area (Å²) in [6.07, 6.45) is 5.26. The monoisotopic (exact) mass is 523 g/mol. The fourth-order valence-corrected chi connectivity index (χ4v) is 4.71. The second kappa shape index (κ2) is 14.4. The molecule has 0 aromatic heterocycles. The van der Waals surface area contributed by atoms with Crippen LogP contribution in [-0.2, 0) is 28.0 Å². The van der Waals surface area contributed by atoms with E-state index in [1.807, 2.05) is 61.5 Å². The van der Waals surface area contributed by atoms with Gasteiger partial charge < -0.3 is 9.47 Å². The maximum absolute atomic E-state index is 13.1. The number of hydrogen-bond acceptors (Lipinski definition) is 4. The van der Waals surface area contributed by atoms with Crippen LogP contribution in [0, 0.1) is 17.2 Å². The normalized spacial score (nSPS) is 12.7. The molecule has 0 aliphatic rings. The van der Waals surface area contributed by atoms with E-state index in [1.165, 1.54) is 11.1 Å². The first-order chi connectivity index (χ1) is 18.7. The molecule has 3 aromatic rings. The molecule has 0 amide bonds. The van der Waals surface area contributed by atoms with Gasteiger partial charge in [-0.05, 0) is 72.4 Å². The zero-order valence-electron chi connectivity index (χ0n) is 23.8. The van der Waals surface area contributed by atoms with Gasteiger partial charge in [-0.3, -0.25) is 4.79 Å². The van der Waals surface area contributed by atoms with Crippen molar-refractivity contribution in [2.24, 2.45) is 5.92 Å². The predicted molar refractivity (Wildman–Crippen MR) is 158 cm³/mol. The molecule has 0 N–H and O–H groups in total. The van der Waals surface area contributed by atoms with Gasteiger partial charge in [0.05, 0.1) is 24.2 Å². The van der Waals surface area contributed by atoms with Crippen LogP contribution in [0.4, 0.5) is 0 Å². The maximum atomic E-state index is 13.1. The van der Waals surface area contributed by atoms with Crippen LogP contribution in [0.25, 0.3) is 0 Å². The van der Waals surface area contributed by atoms with E-state index in [4.69, 9.17) is 14.7 Å². The van der Waals surface area contributed by atoms with Gasteiger partial charge in [-0.15, -0.1) is 6.58 Å². The van der Waals surface area contributed by atoms with Crippen LogP contribution in [0.15, 0.2) is 85.5 Å². The third-order valence-corrected chi connectivity index (χ3v) is 7.06. The third-order valence-electron chi connectivity index (χ3n) is 7.06. The molecule has 3 aromatic carbocycles. The molecule has 0 saturated carbocycles. The largest absolute Gasteiger partial charge is 0.489 e. The van der Waals surface area contributed by atoms with Gasteiger partial charge in [0.1, 0.15) is 12.4 Å². The Morgan fingerprint density at radius 1 is 0.974 bits per heavy atom. The first kappa shape index (κ1) is 29.7. The molecular weight excluding hydrogens is 482 g/mol. The minimum atomic E-state index is -0.398. The fraction of sp³-hybridized carbons (Fsp3) is 0.371. The average molecular weight is 524 g/mol. The van der Waals surface area contributed by atoms with Crippen LogP contribution in [0.5, 0.6) is 5.75 Å². The zero-order chi connectivity index (χ0) is 28.3. The number of para-hydroxylation sites is 1. The van der Waals surface area contributed by atoms with E-state index in [9.17, 15) is 4.79 Å². The number of benzene rings is 3. The molecule has 39 heavy (non-hydrogen) atoms. The van der Waals surface area contributed by atoms with E-state index in [-0.39, 0.29) is 17.3 Å². The molecule has 204 valence electrons. The highest BCUT2D eigenvalue weighted by atomic mass is 16.5. The molecule has 0 aliphatic carbocycles. The molecule has 3 rings (SSSR count). The molecule has 4 heteroatoms. The highest BCUT2D eigenvalue weighted by Crippen LogP contribution is 2.33. The number of carbonyl (C=O) groups excluding carboxylic acids is 1. The van der Waals surface area contributed by atoms with Gasteiger partial charge in [-0.2, -0.15) is 5.26 Å². The number of ether oxygens (including phenoxy) is 2. The van der Waals surface area contributed by atoms with E-state index in [0.29, 0.717) is 30.9 Å². The van der Waals surface area contributed by atoms with Gasteiger partial charge in [0.25, 0.3) is 0 Å². The first-order valence-electron chi connectivity index (χ1n) is 13.8. The van der Waals surface area contributed by atoms with Gasteiger partial charge >= 0.3 is 5.97 Å². The fourth-order valence-electron chi connectivity index (χ4n) is 4.71. The molecule has 2 atom stereocenters. The summed E-state index contributed by atoms with van der Waals surface area (Å²) in [7, 11) is 0. The Labute approximate surface area is 234 Å². The standard InChI is InChI=1S/C35H41NO3/c1-6-26(23-27-15-17-28(24-36)18-16-27)11-10-13-32(34(37)38-7-2)31-12-8-9-14-33(31)39-25-29-19-21-30(22-20-29)35(3,4)5/h6,8-9,12,14-22,26,32H,1,7,10-11,13,23,25H2,2-5H3/t26?,32-/m0/s1. The Balaban J connectivity index is 1.68. The number of rotatable bonds is 13. The van der Waals surface area contributed by atoms with E-state index in [0.717, 1.165) is 30.4 Å². The highest BCUT2D eigenvalue weighted by Gasteiger charge is 2.25. The summed E-state index contributed by atoms with van der Waals surface area (Å²) in [4.78, 5) is 13.1. The smallest absolute Gasteiger partial charge is 0.313 e. The molecule has 0 fully saturated rings. The first-order valence-corrected chi connectivity index (χ1v) is 13.8. The van der Waals surface area contributed by atoms with Gasteiger partial charge in [0.2, 0.25) is 0 Å². The lowest BCUT2D eigenvalue weighted by Gasteiger charge is -2.21. The highest BCUT2D eigenvalue weighted by molar-refractivity contribution is 5.79. The summed E-state index contributed by atoms with van der Waals surface area (Å²) >= 11 is 0. The van der Waals surface area contributed by atoms with E-state index in [1.54, 1.807) is 0 Å². The third kappa shape index (κ3) is 8.86. The van der Waals surface area contributed by atoms with Crippen molar-refractivity contribution >= 4 is 5.97 Å². The Hall–Kier alpha value is -3.84. The van der Waals surface area contributed by atoms with Crippen molar-refractivity contribution < 1.29 is 14.3 Å². The molecule has 1 unspecified atom stereocenters. The quantitative estimate of drug-likeness (QED) is 0.167. The summed E-state index contributed by atoms with van der Waals surface area (Å²) < 4.78 is 11.7. The molecule has 0 radical (unpaired) electrons. The number of hydrogen-bond donors (Lipinski definition) is 0. The van der Waals surface area contributed by atoms with Crippen LogP contribution in [-0.4, -0.2) is 12.6 Å². The summed E-state index contributed by atoms with van der Waals surface area (Å²) in [5, 5.41) is 9.04. The lowest BCUT2D eigenvalue weighted by molar-refractivity contribution is -0.145. The minimum absolute atomic E-state index is 0.103. The predicted octanol–water partition coefficient (Wildman–Crippen LogP) is 8.30. The molecular formula is C35H41NO3. The maximum Gasteiger partial charge on any atom is 0.313 e. The van der Waals surface area contributed by atoms with Crippen LogP contribution in [0.2, 0.25) is 0 Å².